The van der Waals surface area contributed by atoms with Gasteiger partial charge in [0.05, 0.1) is 17.9 Å². The van der Waals surface area contributed by atoms with Crippen LogP contribution in [-0.4, -0.2) is 58.1 Å². The zero-order valence-corrected chi connectivity index (χ0v) is 26.9. The topological polar surface area (TPSA) is 119 Å². The average molecular weight is 591 g/mol. The van der Waals surface area contributed by atoms with Crippen molar-refractivity contribution in [1.82, 2.24) is 5.32 Å². The maximum absolute atomic E-state index is 13.6. The van der Waals surface area contributed by atoms with Crippen molar-refractivity contribution in [2.24, 2.45) is 45.7 Å². The number of nitrogens with one attached hydrogen (secondary N) is 1. The Morgan fingerprint density at radius 3 is 2.59 bits per heavy atom. The first kappa shape index (κ1) is 32.5. The standard InChI is InChI=1S/C33H54N2O5S/c1-8-31(6)17-25(32(7)20(4)12-14-33(21(5)29(31)38)15-13-24(36)28(32)33)40-26(37)18-41-23-11-9-10-22(16-23)35-30(39)27(34)19(2)3/h8,19-23,25,27-29,38H,1,9-18,34H2,2-7H3,(H,35,39)/t20-,21+,22?,23?,25-,27-,28+,29+,31-,32+,33+/m1/s1. The van der Waals surface area contributed by atoms with E-state index in [1.807, 2.05) is 26.8 Å². The van der Waals surface area contributed by atoms with E-state index in [0.29, 0.717) is 12.8 Å². The van der Waals surface area contributed by atoms with E-state index in [1.165, 1.54) is 0 Å². The Balaban J connectivity index is 1.49. The number of carbonyl (C=O) groups is 3. The Hall–Kier alpha value is -1.38. The number of Topliss-reactive ketones (excluding diaryl/α,β-unsaturated/α-hetero) is 1. The minimum atomic E-state index is -0.667. The minimum Gasteiger partial charge on any atom is -0.461 e. The first-order valence-electron chi connectivity index (χ1n) is 15.9. The SMILES string of the molecule is C=C[C@]1(C)C[C@@H](OC(=O)CSC2CCCC(NC(=O)[C@H](N)C(C)C)C2)[C@]2(C)[C@H](C)CC[C@]3(CCC(=O)[C@H]32)[C@@H](C)[C@@H]1O. The van der Waals surface area contributed by atoms with Crippen molar-refractivity contribution >= 4 is 29.4 Å². The van der Waals surface area contributed by atoms with E-state index in [0.717, 1.165) is 44.9 Å². The summed E-state index contributed by atoms with van der Waals surface area (Å²) in [6.07, 6.45) is 8.06. The van der Waals surface area contributed by atoms with Gasteiger partial charge in [-0.15, -0.1) is 18.3 Å². The van der Waals surface area contributed by atoms with Crippen LogP contribution in [0, 0.1) is 39.9 Å². The maximum atomic E-state index is 13.6. The van der Waals surface area contributed by atoms with Gasteiger partial charge in [0.15, 0.2) is 0 Å². The van der Waals surface area contributed by atoms with E-state index in [1.54, 1.807) is 11.8 Å². The Morgan fingerprint density at radius 1 is 1.22 bits per heavy atom. The molecule has 4 rings (SSSR count). The summed E-state index contributed by atoms with van der Waals surface area (Å²) in [7, 11) is 0. The molecule has 4 aliphatic rings. The molecule has 41 heavy (non-hydrogen) atoms. The zero-order valence-electron chi connectivity index (χ0n) is 26.1. The summed E-state index contributed by atoms with van der Waals surface area (Å²) in [5.74, 6) is 0.154. The molecule has 0 aromatic rings. The van der Waals surface area contributed by atoms with Crippen molar-refractivity contribution in [2.45, 2.75) is 129 Å². The number of amides is 1. The van der Waals surface area contributed by atoms with Crippen LogP contribution in [0.5, 0.6) is 0 Å². The lowest BCUT2D eigenvalue weighted by Gasteiger charge is -2.61. The highest BCUT2D eigenvalue weighted by molar-refractivity contribution is 8.00. The molecule has 0 saturated heterocycles. The van der Waals surface area contributed by atoms with Crippen molar-refractivity contribution in [3.05, 3.63) is 12.7 Å². The molecule has 0 aromatic heterocycles. The average Bonchev–Trinajstić information content (AvgIpc) is 3.29. The lowest BCUT2D eigenvalue weighted by atomic mass is 9.44. The van der Waals surface area contributed by atoms with Crippen molar-refractivity contribution in [2.75, 3.05) is 5.75 Å². The second-order valence-corrected chi connectivity index (χ2v) is 15.9. The van der Waals surface area contributed by atoms with Gasteiger partial charge in [-0.1, -0.05) is 54.0 Å². The van der Waals surface area contributed by atoms with Gasteiger partial charge in [0.1, 0.15) is 11.9 Å². The molecule has 2 bridgehead atoms. The summed E-state index contributed by atoms with van der Waals surface area (Å²) in [5, 5.41) is 15.1. The third-order valence-electron chi connectivity index (χ3n) is 12.0. The Kier molecular flexibility index (Phi) is 9.77. The molecule has 0 aromatic carbocycles. The number of rotatable bonds is 8. The van der Waals surface area contributed by atoms with E-state index >= 15 is 0 Å². The van der Waals surface area contributed by atoms with Crippen LogP contribution in [0.2, 0.25) is 0 Å². The van der Waals surface area contributed by atoms with Gasteiger partial charge in [-0.2, -0.15) is 0 Å². The highest BCUT2D eigenvalue weighted by atomic mass is 32.2. The molecular formula is C33H54N2O5S. The summed E-state index contributed by atoms with van der Waals surface area (Å²) in [6, 6.07) is -0.445. The first-order chi connectivity index (χ1) is 19.2. The molecule has 2 unspecified atom stereocenters. The fourth-order valence-electron chi connectivity index (χ4n) is 8.91. The summed E-state index contributed by atoms with van der Waals surface area (Å²) < 4.78 is 6.40. The highest BCUT2D eigenvalue weighted by Crippen LogP contribution is 2.68. The van der Waals surface area contributed by atoms with Crippen molar-refractivity contribution < 1.29 is 24.2 Å². The van der Waals surface area contributed by atoms with Crippen LogP contribution >= 0.6 is 11.8 Å². The number of ether oxygens (including phenoxy) is 1. The van der Waals surface area contributed by atoms with Gasteiger partial charge in [-0.3, -0.25) is 14.4 Å². The molecule has 4 N–H and O–H groups in total. The minimum absolute atomic E-state index is 0.0455. The summed E-state index contributed by atoms with van der Waals surface area (Å²) in [4.78, 5) is 39.6. The van der Waals surface area contributed by atoms with Gasteiger partial charge in [-0.25, -0.2) is 0 Å². The van der Waals surface area contributed by atoms with Crippen LogP contribution < -0.4 is 11.1 Å². The first-order valence-corrected chi connectivity index (χ1v) is 17.0. The number of hydrogen-bond acceptors (Lipinski definition) is 7. The highest BCUT2D eigenvalue weighted by Gasteiger charge is 2.68. The normalized spacial score (nSPS) is 43.4. The predicted octanol–water partition coefficient (Wildman–Crippen LogP) is 5.04. The quantitative estimate of drug-likeness (QED) is 0.268. The smallest absolute Gasteiger partial charge is 0.316 e. The van der Waals surface area contributed by atoms with Crippen LogP contribution in [0.4, 0.5) is 0 Å². The number of hydrogen-bond donors (Lipinski definition) is 3. The van der Waals surface area contributed by atoms with Crippen LogP contribution in [0.1, 0.15) is 99.3 Å². The Morgan fingerprint density at radius 2 is 1.93 bits per heavy atom. The fourth-order valence-corrected chi connectivity index (χ4v) is 10.0. The van der Waals surface area contributed by atoms with Crippen molar-refractivity contribution in [3.8, 4) is 0 Å². The molecule has 0 spiro atoms. The van der Waals surface area contributed by atoms with E-state index < -0.39 is 29.1 Å². The molecule has 11 atom stereocenters. The molecule has 4 aliphatic carbocycles. The summed E-state index contributed by atoms with van der Waals surface area (Å²) in [5.41, 5.74) is 4.63. The number of thioether (sulfide) groups is 1. The molecule has 0 heterocycles. The largest absolute Gasteiger partial charge is 0.461 e. The van der Waals surface area contributed by atoms with Crippen LogP contribution in [0.15, 0.2) is 12.7 Å². The monoisotopic (exact) mass is 590 g/mol. The second-order valence-electron chi connectivity index (χ2n) is 14.6. The van der Waals surface area contributed by atoms with Crippen molar-refractivity contribution in [3.63, 3.8) is 0 Å². The molecule has 8 heteroatoms. The molecule has 4 saturated carbocycles. The molecule has 7 nitrogen and oxygen atoms in total. The van der Waals surface area contributed by atoms with E-state index in [2.05, 4.69) is 32.7 Å². The zero-order chi connectivity index (χ0) is 30.3. The Labute approximate surface area is 251 Å². The number of aliphatic hydroxyl groups excluding tert-OH is 1. The molecule has 0 radical (unpaired) electrons. The van der Waals surface area contributed by atoms with Crippen LogP contribution in [0.3, 0.4) is 0 Å². The Bertz CT molecular complexity index is 1020. The molecule has 0 aliphatic heterocycles. The van der Waals surface area contributed by atoms with E-state index in [9.17, 15) is 19.5 Å². The predicted molar refractivity (Wildman–Crippen MR) is 164 cm³/mol. The second kappa shape index (κ2) is 12.3. The summed E-state index contributed by atoms with van der Waals surface area (Å²) >= 11 is 1.60. The van der Waals surface area contributed by atoms with Gasteiger partial charge in [0.25, 0.3) is 0 Å². The number of aliphatic hydroxyl groups is 1. The number of nitrogens with two attached hydrogens (primary N) is 1. The maximum Gasteiger partial charge on any atom is 0.316 e. The van der Waals surface area contributed by atoms with E-state index in [4.69, 9.17) is 10.5 Å². The number of ketones is 1. The lowest BCUT2D eigenvalue weighted by Crippen LogP contribution is -2.63. The number of esters is 1. The van der Waals surface area contributed by atoms with Gasteiger partial charge >= 0.3 is 5.97 Å². The van der Waals surface area contributed by atoms with Gasteiger partial charge in [-0.05, 0) is 68.1 Å². The fraction of sp³-hybridized carbons (Fsp3) is 0.848. The van der Waals surface area contributed by atoms with Crippen LogP contribution in [0.25, 0.3) is 0 Å². The third kappa shape index (κ3) is 5.91. The van der Waals surface area contributed by atoms with E-state index in [-0.39, 0.29) is 63.8 Å². The number of carbonyl (C=O) groups excluding carboxylic acids is 3. The molecule has 1 amide bonds. The molecule has 4 fully saturated rings. The van der Waals surface area contributed by atoms with Crippen molar-refractivity contribution in [1.29, 1.82) is 0 Å². The van der Waals surface area contributed by atoms with Gasteiger partial charge in [0.2, 0.25) is 5.91 Å². The molecule has 232 valence electrons. The third-order valence-corrected chi connectivity index (χ3v) is 13.3. The van der Waals surface area contributed by atoms with Crippen LogP contribution in [-0.2, 0) is 19.1 Å². The van der Waals surface area contributed by atoms with Gasteiger partial charge < -0.3 is 20.9 Å². The molecular weight excluding hydrogens is 536 g/mol. The lowest BCUT2D eigenvalue weighted by molar-refractivity contribution is -0.205. The van der Waals surface area contributed by atoms with Gasteiger partial charge in [0, 0.05) is 34.5 Å². The summed E-state index contributed by atoms with van der Waals surface area (Å²) in [6.45, 7) is 16.5.